The molecule has 2 heteroatoms. The molecule has 1 unspecified atom stereocenters. The molecular formula is C12H23NO. The Balaban J connectivity index is 1.93. The summed E-state index contributed by atoms with van der Waals surface area (Å²) >= 11 is 0. The van der Waals surface area contributed by atoms with Crippen LogP contribution < -0.4 is 5.32 Å². The van der Waals surface area contributed by atoms with Crippen LogP contribution in [0.2, 0.25) is 0 Å². The van der Waals surface area contributed by atoms with Gasteiger partial charge in [-0.2, -0.15) is 0 Å². The fraction of sp³-hybridized carbons (Fsp3) is 0.833. The Labute approximate surface area is 87.7 Å². The minimum absolute atomic E-state index is 0.391. The summed E-state index contributed by atoms with van der Waals surface area (Å²) in [4.78, 5) is 0. The van der Waals surface area contributed by atoms with E-state index in [1.165, 1.54) is 19.3 Å². The van der Waals surface area contributed by atoms with Crippen LogP contribution in [0.1, 0.15) is 39.5 Å². The van der Waals surface area contributed by atoms with Crippen LogP contribution in [0.5, 0.6) is 0 Å². The van der Waals surface area contributed by atoms with Gasteiger partial charge in [0.1, 0.15) is 0 Å². The zero-order chi connectivity index (χ0) is 10.2. The van der Waals surface area contributed by atoms with E-state index in [2.05, 4.69) is 31.3 Å². The predicted octanol–water partition coefficient (Wildman–Crippen LogP) is 2.50. The molecule has 0 aromatic rings. The second kappa shape index (κ2) is 7.02. The van der Waals surface area contributed by atoms with Crippen LogP contribution in [0.25, 0.3) is 0 Å². The summed E-state index contributed by atoms with van der Waals surface area (Å²) in [5, 5.41) is 3.39. The molecule has 0 fully saturated rings. The molecule has 0 amide bonds. The third kappa shape index (κ3) is 5.40. The maximum Gasteiger partial charge on any atom is 0.0755 e. The van der Waals surface area contributed by atoms with Crippen LogP contribution in [0.15, 0.2) is 12.2 Å². The van der Waals surface area contributed by atoms with Crippen molar-refractivity contribution in [3.63, 3.8) is 0 Å². The molecule has 1 atom stereocenters. The van der Waals surface area contributed by atoms with E-state index in [1.54, 1.807) is 0 Å². The Hall–Kier alpha value is -0.340. The molecule has 14 heavy (non-hydrogen) atoms. The molecule has 0 heterocycles. The highest BCUT2D eigenvalue weighted by molar-refractivity contribution is 4.93. The molecule has 1 rings (SSSR count). The summed E-state index contributed by atoms with van der Waals surface area (Å²) in [6.45, 7) is 6.29. The molecule has 0 radical (unpaired) electrons. The molecular weight excluding hydrogens is 174 g/mol. The van der Waals surface area contributed by atoms with Gasteiger partial charge in [-0.05, 0) is 32.2 Å². The van der Waals surface area contributed by atoms with Gasteiger partial charge in [-0.25, -0.2) is 0 Å². The normalized spacial score (nSPS) is 21.8. The van der Waals surface area contributed by atoms with Crippen molar-refractivity contribution in [2.75, 3.05) is 13.2 Å². The van der Waals surface area contributed by atoms with Crippen LogP contribution in [0.3, 0.4) is 0 Å². The Morgan fingerprint density at radius 1 is 1.50 bits per heavy atom. The second-order valence-corrected chi connectivity index (χ2v) is 4.23. The average Bonchev–Trinajstić information content (AvgIpc) is 2.18. The number of allylic oxidation sites excluding steroid dienone is 1. The first-order chi connectivity index (χ1) is 6.79. The second-order valence-electron chi connectivity index (χ2n) is 4.23. The largest absolute Gasteiger partial charge is 0.374 e. The fourth-order valence-corrected chi connectivity index (χ4v) is 1.62. The molecule has 0 bridgehead atoms. The van der Waals surface area contributed by atoms with Crippen molar-refractivity contribution in [2.45, 2.75) is 51.7 Å². The van der Waals surface area contributed by atoms with Crippen LogP contribution in [0, 0.1) is 0 Å². The lowest BCUT2D eigenvalue weighted by atomic mass is 10.1. The smallest absolute Gasteiger partial charge is 0.0755 e. The highest BCUT2D eigenvalue weighted by Crippen LogP contribution is 2.13. The van der Waals surface area contributed by atoms with Crippen molar-refractivity contribution in [1.29, 1.82) is 0 Å². The number of nitrogens with one attached hydrogen (secondary N) is 1. The van der Waals surface area contributed by atoms with Gasteiger partial charge >= 0.3 is 0 Å². The number of rotatable bonds is 6. The van der Waals surface area contributed by atoms with Gasteiger partial charge in [0.25, 0.3) is 0 Å². The SMILES string of the molecule is CC(C)NCCCOC1C=CCCC1. The van der Waals surface area contributed by atoms with Crippen molar-refractivity contribution in [3.8, 4) is 0 Å². The molecule has 1 aliphatic rings. The molecule has 0 aliphatic heterocycles. The Morgan fingerprint density at radius 3 is 3.00 bits per heavy atom. The number of ether oxygens (including phenoxy) is 1. The van der Waals surface area contributed by atoms with Crippen LogP contribution in [-0.2, 0) is 4.74 Å². The number of hydrogen-bond acceptors (Lipinski definition) is 2. The minimum Gasteiger partial charge on any atom is -0.374 e. The molecule has 1 N–H and O–H groups in total. The first-order valence-electron chi connectivity index (χ1n) is 5.80. The van der Waals surface area contributed by atoms with E-state index < -0.39 is 0 Å². The highest BCUT2D eigenvalue weighted by atomic mass is 16.5. The van der Waals surface area contributed by atoms with E-state index in [1.807, 2.05) is 0 Å². The highest BCUT2D eigenvalue weighted by Gasteiger charge is 2.07. The minimum atomic E-state index is 0.391. The summed E-state index contributed by atoms with van der Waals surface area (Å²) in [7, 11) is 0. The van der Waals surface area contributed by atoms with Crippen molar-refractivity contribution < 1.29 is 4.74 Å². The summed E-state index contributed by atoms with van der Waals surface area (Å²) in [6, 6.07) is 0.588. The van der Waals surface area contributed by atoms with Gasteiger partial charge in [-0.1, -0.05) is 26.0 Å². The maximum absolute atomic E-state index is 5.74. The van der Waals surface area contributed by atoms with Crippen molar-refractivity contribution in [1.82, 2.24) is 5.32 Å². The monoisotopic (exact) mass is 197 g/mol. The van der Waals surface area contributed by atoms with E-state index in [0.717, 1.165) is 19.6 Å². The Bertz CT molecular complexity index is 166. The third-order valence-electron chi connectivity index (χ3n) is 2.42. The van der Waals surface area contributed by atoms with E-state index in [4.69, 9.17) is 4.74 Å². The van der Waals surface area contributed by atoms with Gasteiger partial charge in [-0.15, -0.1) is 0 Å². The molecule has 0 spiro atoms. The van der Waals surface area contributed by atoms with Crippen LogP contribution in [0.4, 0.5) is 0 Å². The molecule has 0 aromatic carbocycles. The lowest BCUT2D eigenvalue weighted by molar-refractivity contribution is 0.0734. The first-order valence-corrected chi connectivity index (χ1v) is 5.80. The quantitative estimate of drug-likeness (QED) is 0.522. The lowest BCUT2D eigenvalue weighted by Crippen LogP contribution is -2.25. The number of hydrogen-bond donors (Lipinski definition) is 1. The van der Waals surface area contributed by atoms with Gasteiger partial charge in [0.2, 0.25) is 0 Å². The molecule has 82 valence electrons. The summed E-state index contributed by atoms with van der Waals surface area (Å²) in [5.74, 6) is 0. The van der Waals surface area contributed by atoms with Gasteiger partial charge in [-0.3, -0.25) is 0 Å². The van der Waals surface area contributed by atoms with Crippen molar-refractivity contribution >= 4 is 0 Å². The zero-order valence-corrected chi connectivity index (χ0v) is 9.46. The van der Waals surface area contributed by atoms with Crippen LogP contribution in [-0.4, -0.2) is 25.3 Å². The lowest BCUT2D eigenvalue weighted by Gasteiger charge is -2.17. The Kier molecular flexibility index (Phi) is 5.88. The van der Waals surface area contributed by atoms with Gasteiger partial charge in [0.05, 0.1) is 6.10 Å². The first kappa shape index (κ1) is 11.7. The summed E-state index contributed by atoms with van der Waals surface area (Å²) in [6.07, 6.45) is 9.67. The molecule has 0 aromatic heterocycles. The van der Waals surface area contributed by atoms with Gasteiger partial charge in [0.15, 0.2) is 0 Å². The van der Waals surface area contributed by atoms with Gasteiger partial charge in [0, 0.05) is 12.6 Å². The maximum atomic E-state index is 5.74. The molecule has 0 saturated carbocycles. The molecule has 0 saturated heterocycles. The van der Waals surface area contributed by atoms with Crippen molar-refractivity contribution in [2.24, 2.45) is 0 Å². The standard InChI is InChI=1S/C12H23NO/c1-11(2)13-9-6-10-14-12-7-4-3-5-8-12/h4,7,11-13H,3,5-6,8-10H2,1-2H3. The Morgan fingerprint density at radius 2 is 2.36 bits per heavy atom. The summed E-state index contributed by atoms with van der Waals surface area (Å²) < 4.78 is 5.74. The average molecular weight is 197 g/mol. The van der Waals surface area contributed by atoms with E-state index in [-0.39, 0.29) is 0 Å². The third-order valence-corrected chi connectivity index (χ3v) is 2.42. The van der Waals surface area contributed by atoms with Crippen LogP contribution >= 0.6 is 0 Å². The predicted molar refractivity (Wildman–Crippen MR) is 60.5 cm³/mol. The fourth-order valence-electron chi connectivity index (χ4n) is 1.62. The summed E-state index contributed by atoms with van der Waals surface area (Å²) in [5.41, 5.74) is 0. The van der Waals surface area contributed by atoms with E-state index >= 15 is 0 Å². The van der Waals surface area contributed by atoms with Gasteiger partial charge < -0.3 is 10.1 Å². The molecule has 2 nitrogen and oxygen atoms in total. The van der Waals surface area contributed by atoms with Crippen molar-refractivity contribution in [3.05, 3.63) is 12.2 Å². The van der Waals surface area contributed by atoms with E-state index in [0.29, 0.717) is 12.1 Å². The topological polar surface area (TPSA) is 21.3 Å². The zero-order valence-electron chi connectivity index (χ0n) is 9.46. The van der Waals surface area contributed by atoms with E-state index in [9.17, 15) is 0 Å². The molecule has 1 aliphatic carbocycles.